The molecule has 0 aromatic heterocycles. The second-order valence-electron chi connectivity index (χ2n) is 7.31. The zero-order valence-electron chi connectivity index (χ0n) is 16.6. The Morgan fingerprint density at radius 1 is 1.14 bits per heavy atom. The van der Waals surface area contributed by atoms with Gasteiger partial charge in [-0.2, -0.15) is 0 Å². The smallest absolute Gasteiger partial charge is 0.311 e. The molecule has 3 rings (SSSR count). The highest BCUT2D eigenvalue weighted by Crippen LogP contribution is 2.27. The number of nitrogens with zero attached hydrogens (tertiary/aromatic N) is 1. The van der Waals surface area contributed by atoms with E-state index in [9.17, 15) is 14.4 Å². The number of nitrogens with one attached hydrogen (secondary N) is 1. The minimum Gasteiger partial charge on any atom is -0.455 e. The number of anilines is 2. The zero-order chi connectivity index (χ0) is 21.1. The van der Waals surface area contributed by atoms with Crippen molar-refractivity contribution in [1.82, 2.24) is 0 Å². The van der Waals surface area contributed by atoms with Crippen molar-refractivity contribution in [2.75, 3.05) is 23.4 Å². The molecular weight excluding hydrogens is 436 g/mol. The second kappa shape index (κ2) is 8.78. The van der Waals surface area contributed by atoms with Crippen LogP contribution >= 0.6 is 15.9 Å². The third-order valence-corrected chi connectivity index (χ3v) is 5.37. The molecule has 1 heterocycles. The maximum absolute atomic E-state index is 12.4. The fourth-order valence-corrected chi connectivity index (χ4v) is 4.06. The first-order chi connectivity index (χ1) is 13.7. The molecule has 1 fully saturated rings. The summed E-state index contributed by atoms with van der Waals surface area (Å²) in [4.78, 5) is 38.5. The fraction of sp³-hybridized carbons (Fsp3) is 0.318. The molecule has 2 aromatic carbocycles. The Morgan fingerprint density at radius 3 is 2.38 bits per heavy atom. The van der Waals surface area contributed by atoms with Gasteiger partial charge in [0, 0.05) is 28.8 Å². The molecule has 0 unspecified atom stereocenters. The Bertz CT molecular complexity index is 933. The number of halogens is 1. The van der Waals surface area contributed by atoms with Crippen molar-refractivity contribution in [3.05, 3.63) is 57.6 Å². The van der Waals surface area contributed by atoms with Gasteiger partial charge in [-0.1, -0.05) is 33.6 Å². The normalized spacial score (nSPS) is 16.1. The number of carbonyl (C=O) groups excluding carboxylic acids is 3. The van der Waals surface area contributed by atoms with Crippen LogP contribution in [0.1, 0.15) is 23.1 Å². The summed E-state index contributed by atoms with van der Waals surface area (Å²) in [6, 6.07) is 11.4. The Hall–Kier alpha value is -2.67. The van der Waals surface area contributed by atoms with E-state index in [-0.39, 0.29) is 25.5 Å². The van der Waals surface area contributed by atoms with E-state index < -0.39 is 17.8 Å². The lowest BCUT2D eigenvalue weighted by Crippen LogP contribution is -2.28. The summed E-state index contributed by atoms with van der Waals surface area (Å²) < 4.78 is 6.11. The van der Waals surface area contributed by atoms with Gasteiger partial charge in [-0.3, -0.25) is 14.4 Å². The standard InChI is InChI=1S/C22H23BrN2O4/c1-13-4-6-18(7-5-13)25-11-16(10-20(25)27)22(28)29-12-19(26)24-21-14(2)8-17(23)9-15(21)3/h4-9,16H,10-12H2,1-3H3,(H,24,26)/t16-/m0/s1. The number of benzene rings is 2. The van der Waals surface area contributed by atoms with Crippen LogP contribution in [0, 0.1) is 26.7 Å². The van der Waals surface area contributed by atoms with E-state index in [0.29, 0.717) is 5.69 Å². The third kappa shape index (κ3) is 5.03. The number of aryl methyl sites for hydroxylation is 3. The molecular formula is C22H23BrN2O4. The van der Waals surface area contributed by atoms with Crippen LogP contribution in [-0.4, -0.2) is 30.9 Å². The molecule has 1 atom stereocenters. The maximum atomic E-state index is 12.4. The lowest BCUT2D eigenvalue weighted by Gasteiger charge is -2.17. The van der Waals surface area contributed by atoms with E-state index in [2.05, 4.69) is 21.2 Å². The third-order valence-electron chi connectivity index (χ3n) is 4.91. The van der Waals surface area contributed by atoms with Crippen molar-refractivity contribution in [2.45, 2.75) is 27.2 Å². The number of hydrogen-bond donors (Lipinski definition) is 1. The summed E-state index contributed by atoms with van der Waals surface area (Å²) in [6.45, 7) is 5.63. The average Bonchev–Trinajstić information content (AvgIpc) is 3.05. The van der Waals surface area contributed by atoms with Crippen LogP contribution in [0.5, 0.6) is 0 Å². The quantitative estimate of drug-likeness (QED) is 0.689. The Kier molecular flexibility index (Phi) is 6.37. The van der Waals surface area contributed by atoms with Gasteiger partial charge in [0.15, 0.2) is 6.61 Å². The van der Waals surface area contributed by atoms with E-state index in [1.165, 1.54) is 0 Å². The lowest BCUT2D eigenvalue weighted by atomic mass is 10.1. The minimum atomic E-state index is -0.576. The molecule has 29 heavy (non-hydrogen) atoms. The van der Waals surface area contributed by atoms with Crippen molar-refractivity contribution in [3.8, 4) is 0 Å². The van der Waals surface area contributed by atoms with Crippen LogP contribution in [0.25, 0.3) is 0 Å². The van der Waals surface area contributed by atoms with Crippen molar-refractivity contribution < 1.29 is 19.1 Å². The first-order valence-electron chi connectivity index (χ1n) is 9.35. The maximum Gasteiger partial charge on any atom is 0.311 e. The van der Waals surface area contributed by atoms with Crippen molar-refractivity contribution in [2.24, 2.45) is 5.92 Å². The summed E-state index contributed by atoms with van der Waals surface area (Å²) in [5, 5.41) is 2.79. The number of rotatable bonds is 5. The van der Waals surface area contributed by atoms with E-state index in [4.69, 9.17) is 4.74 Å². The highest BCUT2D eigenvalue weighted by atomic mass is 79.9. The number of ether oxygens (including phenoxy) is 1. The van der Waals surface area contributed by atoms with Gasteiger partial charge in [-0.05, 0) is 56.2 Å². The van der Waals surface area contributed by atoms with Gasteiger partial charge < -0.3 is 15.0 Å². The molecule has 152 valence electrons. The zero-order valence-corrected chi connectivity index (χ0v) is 18.2. The Labute approximate surface area is 178 Å². The highest BCUT2D eigenvalue weighted by Gasteiger charge is 2.36. The van der Waals surface area contributed by atoms with Gasteiger partial charge in [0.1, 0.15) is 0 Å². The molecule has 1 aliphatic heterocycles. The molecule has 1 aliphatic rings. The van der Waals surface area contributed by atoms with E-state index in [0.717, 1.165) is 26.9 Å². The van der Waals surface area contributed by atoms with Gasteiger partial charge in [-0.25, -0.2) is 0 Å². The SMILES string of the molecule is Cc1ccc(N2C[C@@H](C(=O)OCC(=O)Nc3c(C)cc(Br)cc3C)CC2=O)cc1. The van der Waals surface area contributed by atoms with Crippen molar-refractivity contribution >= 4 is 45.1 Å². The van der Waals surface area contributed by atoms with Crippen LogP contribution < -0.4 is 10.2 Å². The Morgan fingerprint density at radius 2 is 1.76 bits per heavy atom. The van der Waals surface area contributed by atoms with E-state index in [1.54, 1.807) is 4.90 Å². The molecule has 0 radical (unpaired) electrons. The predicted molar refractivity (Wildman–Crippen MR) is 115 cm³/mol. The topological polar surface area (TPSA) is 75.7 Å². The van der Waals surface area contributed by atoms with Gasteiger partial charge in [0.05, 0.1) is 5.92 Å². The monoisotopic (exact) mass is 458 g/mol. The number of esters is 1. The first kappa shape index (κ1) is 21.0. The van der Waals surface area contributed by atoms with Crippen LogP contribution in [-0.2, 0) is 19.1 Å². The molecule has 1 saturated heterocycles. The molecule has 1 N–H and O–H groups in total. The van der Waals surface area contributed by atoms with Gasteiger partial charge in [-0.15, -0.1) is 0 Å². The number of carbonyl (C=O) groups is 3. The molecule has 0 saturated carbocycles. The summed E-state index contributed by atoms with van der Waals surface area (Å²) in [6.07, 6.45) is 0.0826. The molecule has 0 aliphatic carbocycles. The van der Waals surface area contributed by atoms with Crippen LogP contribution in [0.4, 0.5) is 11.4 Å². The van der Waals surface area contributed by atoms with Crippen LogP contribution in [0.2, 0.25) is 0 Å². The number of hydrogen-bond acceptors (Lipinski definition) is 4. The van der Waals surface area contributed by atoms with E-state index >= 15 is 0 Å². The molecule has 6 nitrogen and oxygen atoms in total. The molecule has 2 aromatic rings. The Balaban J connectivity index is 1.55. The highest BCUT2D eigenvalue weighted by molar-refractivity contribution is 9.10. The molecule has 7 heteroatoms. The first-order valence-corrected chi connectivity index (χ1v) is 10.1. The van der Waals surface area contributed by atoms with Gasteiger partial charge in [0.25, 0.3) is 5.91 Å². The fourth-order valence-electron chi connectivity index (χ4n) is 3.38. The largest absolute Gasteiger partial charge is 0.455 e. The molecule has 0 bridgehead atoms. The molecule has 0 spiro atoms. The van der Waals surface area contributed by atoms with Crippen molar-refractivity contribution in [3.63, 3.8) is 0 Å². The van der Waals surface area contributed by atoms with Crippen molar-refractivity contribution in [1.29, 1.82) is 0 Å². The molecule has 2 amide bonds. The lowest BCUT2D eigenvalue weighted by molar-refractivity contribution is -0.151. The predicted octanol–water partition coefficient (Wildman–Crippen LogP) is 3.91. The number of amides is 2. The van der Waals surface area contributed by atoms with Gasteiger partial charge >= 0.3 is 5.97 Å². The van der Waals surface area contributed by atoms with Crippen LogP contribution in [0.3, 0.4) is 0 Å². The minimum absolute atomic E-state index is 0.0826. The van der Waals surface area contributed by atoms with E-state index in [1.807, 2.05) is 57.2 Å². The summed E-state index contributed by atoms with van der Waals surface area (Å²) in [7, 11) is 0. The van der Waals surface area contributed by atoms with Crippen LogP contribution in [0.15, 0.2) is 40.9 Å². The summed E-state index contributed by atoms with van der Waals surface area (Å²) in [5.41, 5.74) is 4.38. The summed E-state index contributed by atoms with van der Waals surface area (Å²) in [5.74, 6) is -1.65. The summed E-state index contributed by atoms with van der Waals surface area (Å²) >= 11 is 3.42. The van der Waals surface area contributed by atoms with Gasteiger partial charge in [0.2, 0.25) is 5.91 Å². The second-order valence-corrected chi connectivity index (χ2v) is 8.23. The average molecular weight is 459 g/mol.